The van der Waals surface area contributed by atoms with Gasteiger partial charge in [-0.15, -0.1) is 0 Å². The van der Waals surface area contributed by atoms with Crippen LogP contribution >= 0.6 is 0 Å². The lowest BCUT2D eigenvalue weighted by Gasteiger charge is -2.26. The van der Waals surface area contributed by atoms with Gasteiger partial charge in [0.05, 0.1) is 11.5 Å². The number of aliphatic carboxylic acids is 1. The van der Waals surface area contributed by atoms with Gasteiger partial charge in [0.25, 0.3) is 0 Å². The molecule has 1 aromatic rings. The number of carboxylic acid groups (broad SMARTS) is 1. The first-order chi connectivity index (χ1) is 12.4. The third-order valence-corrected chi connectivity index (χ3v) is 4.64. The van der Waals surface area contributed by atoms with Crippen LogP contribution in [0.5, 0.6) is 0 Å². The molecule has 26 heavy (non-hydrogen) atoms. The molecule has 1 aromatic carbocycles. The van der Waals surface area contributed by atoms with Crippen molar-refractivity contribution in [3.05, 3.63) is 35.4 Å². The zero-order chi connectivity index (χ0) is 19.1. The molecule has 7 heteroatoms. The van der Waals surface area contributed by atoms with Gasteiger partial charge in [-0.1, -0.05) is 18.2 Å². The molecule has 0 saturated heterocycles. The number of carboxylic acids is 1. The summed E-state index contributed by atoms with van der Waals surface area (Å²) in [5, 5.41) is 11.6. The predicted molar refractivity (Wildman–Crippen MR) is 93.6 cm³/mol. The second kappa shape index (κ2) is 9.22. The summed E-state index contributed by atoms with van der Waals surface area (Å²) in [6.07, 6.45) is 1.10. The van der Waals surface area contributed by atoms with Crippen molar-refractivity contribution < 1.29 is 29.0 Å². The molecule has 1 fully saturated rings. The van der Waals surface area contributed by atoms with Gasteiger partial charge in [-0.3, -0.25) is 4.79 Å². The summed E-state index contributed by atoms with van der Waals surface area (Å²) >= 11 is 0. The van der Waals surface area contributed by atoms with E-state index in [0.717, 1.165) is 18.4 Å². The molecule has 0 radical (unpaired) electrons. The number of ether oxygens (including phenoxy) is 2. The summed E-state index contributed by atoms with van der Waals surface area (Å²) in [6.45, 7) is 3.70. The Labute approximate surface area is 152 Å². The Bertz CT molecular complexity index is 651. The molecule has 1 atom stereocenters. The van der Waals surface area contributed by atoms with Crippen LogP contribution in [-0.2, 0) is 14.3 Å². The van der Waals surface area contributed by atoms with Crippen molar-refractivity contribution in [1.29, 1.82) is 0 Å². The number of nitrogens with one attached hydrogen (secondary N) is 1. The maximum absolute atomic E-state index is 12.1. The minimum absolute atomic E-state index is 0.239. The molecular weight excluding hydrogens is 338 g/mol. The van der Waals surface area contributed by atoms with E-state index in [1.807, 2.05) is 6.07 Å². The molecule has 1 unspecified atom stereocenters. The highest BCUT2D eigenvalue weighted by Gasteiger charge is 2.26. The van der Waals surface area contributed by atoms with E-state index in [1.54, 1.807) is 25.1 Å². The highest BCUT2D eigenvalue weighted by atomic mass is 16.7. The minimum atomic E-state index is -1.01. The van der Waals surface area contributed by atoms with Crippen molar-refractivity contribution in [3.63, 3.8) is 0 Å². The molecule has 0 aromatic heterocycles. The van der Waals surface area contributed by atoms with Gasteiger partial charge in [-0.05, 0) is 50.2 Å². The van der Waals surface area contributed by atoms with Crippen molar-refractivity contribution >= 4 is 18.0 Å². The van der Waals surface area contributed by atoms with E-state index in [9.17, 15) is 14.4 Å². The largest absolute Gasteiger partial charge is 0.481 e. The molecule has 7 nitrogen and oxygen atoms in total. The quantitative estimate of drug-likeness (QED) is 0.595. The molecule has 0 aliphatic heterocycles. The van der Waals surface area contributed by atoms with Gasteiger partial charge >= 0.3 is 18.0 Å². The first-order valence-corrected chi connectivity index (χ1v) is 8.80. The molecule has 1 aliphatic rings. The van der Waals surface area contributed by atoms with E-state index < -0.39 is 24.3 Å². The van der Waals surface area contributed by atoms with Crippen LogP contribution in [0.25, 0.3) is 0 Å². The Morgan fingerprint density at radius 1 is 1.15 bits per heavy atom. The topological polar surface area (TPSA) is 102 Å². The SMILES string of the molecule is Cc1ccccc1C(=O)OC(C)OC(=O)NCC1CCC(C(=O)O)CC1. The molecule has 1 amide bonds. The summed E-state index contributed by atoms with van der Waals surface area (Å²) in [6, 6.07) is 7.01. The van der Waals surface area contributed by atoms with Crippen molar-refractivity contribution in [3.8, 4) is 0 Å². The average molecular weight is 363 g/mol. The zero-order valence-electron chi connectivity index (χ0n) is 15.1. The van der Waals surface area contributed by atoms with Crippen LogP contribution in [0, 0.1) is 18.8 Å². The van der Waals surface area contributed by atoms with Gasteiger partial charge in [0.2, 0.25) is 6.29 Å². The van der Waals surface area contributed by atoms with Crippen molar-refractivity contribution in [1.82, 2.24) is 5.32 Å². The number of rotatable bonds is 6. The van der Waals surface area contributed by atoms with Crippen molar-refractivity contribution in [2.45, 2.75) is 45.8 Å². The number of aryl methyl sites for hydroxylation is 1. The monoisotopic (exact) mass is 363 g/mol. The Kier molecular flexibility index (Phi) is 7.00. The van der Waals surface area contributed by atoms with Crippen LogP contribution in [0.4, 0.5) is 4.79 Å². The fourth-order valence-corrected chi connectivity index (χ4v) is 3.07. The number of carbonyl (C=O) groups is 3. The third kappa shape index (κ3) is 5.75. The van der Waals surface area contributed by atoms with Crippen LogP contribution in [0.2, 0.25) is 0 Å². The molecule has 2 N–H and O–H groups in total. The summed E-state index contributed by atoms with van der Waals surface area (Å²) in [7, 11) is 0. The molecule has 0 heterocycles. The van der Waals surface area contributed by atoms with E-state index in [2.05, 4.69) is 5.32 Å². The van der Waals surface area contributed by atoms with Crippen molar-refractivity contribution in [2.24, 2.45) is 11.8 Å². The lowest BCUT2D eigenvalue weighted by Crippen LogP contribution is -2.35. The number of esters is 1. The third-order valence-electron chi connectivity index (χ3n) is 4.64. The number of carbonyl (C=O) groups excluding carboxylic acids is 2. The number of alkyl carbamates (subject to hydrolysis) is 1. The van der Waals surface area contributed by atoms with Gasteiger partial charge in [-0.25, -0.2) is 9.59 Å². The lowest BCUT2D eigenvalue weighted by atomic mass is 9.82. The van der Waals surface area contributed by atoms with E-state index in [0.29, 0.717) is 24.9 Å². The maximum Gasteiger partial charge on any atom is 0.410 e. The summed E-state index contributed by atoms with van der Waals surface area (Å²) in [4.78, 5) is 34.8. The average Bonchev–Trinajstić information content (AvgIpc) is 2.60. The van der Waals surface area contributed by atoms with Gasteiger partial charge in [0.15, 0.2) is 0 Å². The standard InChI is InChI=1S/C19H25NO6/c1-12-5-3-4-6-16(12)18(23)25-13(2)26-19(24)20-11-14-7-9-15(10-8-14)17(21)22/h3-6,13-15H,7-11H2,1-2H3,(H,20,24)(H,21,22). The molecule has 0 spiro atoms. The fraction of sp³-hybridized carbons (Fsp3) is 0.526. The fourth-order valence-electron chi connectivity index (χ4n) is 3.07. The Morgan fingerprint density at radius 3 is 2.42 bits per heavy atom. The summed E-state index contributed by atoms with van der Waals surface area (Å²) in [5.41, 5.74) is 1.21. The second-order valence-electron chi connectivity index (χ2n) is 6.63. The van der Waals surface area contributed by atoms with E-state index in [4.69, 9.17) is 14.6 Å². The molecule has 0 bridgehead atoms. The second-order valence-corrected chi connectivity index (χ2v) is 6.63. The molecular formula is C19H25NO6. The zero-order valence-corrected chi connectivity index (χ0v) is 15.1. The molecule has 142 valence electrons. The molecule has 1 aliphatic carbocycles. The van der Waals surface area contributed by atoms with Crippen LogP contribution in [-0.4, -0.2) is 36.0 Å². The number of hydrogen-bond acceptors (Lipinski definition) is 5. The first-order valence-electron chi connectivity index (χ1n) is 8.80. The van der Waals surface area contributed by atoms with Gasteiger partial charge in [0.1, 0.15) is 0 Å². The van der Waals surface area contributed by atoms with Gasteiger partial charge < -0.3 is 19.9 Å². The van der Waals surface area contributed by atoms with Crippen molar-refractivity contribution in [2.75, 3.05) is 6.54 Å². The highest BCUT2D eigenvalue weighted by Crippen LogP contribution is 2.28. The Morgan fingerprint density at radius 2 is 1.81 bits per heavy atom. The molecule has 1 saturated carbocycles. The van der Waals surface area contributed by atoms with Crippen LogP contribution < -0.4 is 5.32 Å². The maximum atomic E-state index is 12.1. The highest BCUT2D eigenvalue weighted by molar-refractivity contribution is 5.91. The van der Waals surface area contributed by atoms with E-state index in [-0.39, 0.29) is 11.8 Å². The normalized spacial score (nSPS) is 20.7. The van der Waals surface area contributed by atoms with Crippen LogP contribution in [0.15, 0.2) is 24.3 Å². The number of amides is 1. The number of hydrogen-bond donors (Lipinski definition) is 2. The lowest BCUT2D eigenvalue weighted by molar-refractivity contribution is -0.143. The number of benzene rings is 1. The van der Waals surface area contributed by atoms with Crippen LogP contribution in [0.1, 0.15) is 48.5 Å². The van der Waals surface area contributed by atoms with Gasteiger partial charge in [0, 0.05) is 13.5 Å². The first kappa shape index (κ1) is 19.8. The predicted octanol–water partition coefficient (Wildman–Crippen LogP) is 3.12. The van der Waals surface area contributed by atoms with E-state index >= 15 is 0 Å². The Hall–Kier alpha value is -2.57. The van der Waals surface area contributed by atoms with Gasteiger partial charge in [-0.2, -0.15) is 0 Å². The molecule has 2 rings (SSSR count). The summed E-state index contributed by atoms with van der Waals surface area (Å²) < 4.78 is 10.2. The smallest absolute Gasteiger partial charge is 0.410 e. The van der Waals surface area contributed by atoms with Crippen LogP contribution in [0.3, 0.4) is 0 Å². The summed E-state index contributed by atoms with van der Waals surface area (Å²) in [5.74, 6) is -1.34. The minimum Gasteiger partial charge on any atom is -0.481 e. The Balaban J connectivity index is 1.70. The van der Waals surface area contributed by atoms with E-state index in [1.165, 1.54) is 6.92 Å².